The second-order valence-electron chi connectivity index (χ2n) is 4.61. The molecule has 1 heterocycles. The van der Waals surface area contributed by atoms with E-state index >= 15 is 0 Å². The van der Waals surface area contributed by atoms with Gasteiger partial charge in [0.1, 0.15) is 18.6 Å². The van der Waals surface area contributed by atoms with Crippen LogP contribution in [0.2, 0.25) is 0 Å². The van der Waals surface area contributed by atoms with Gasteiger partial charge in [-0.3, -0.25) is 10.1 Å². The molecule has 2 aromatic carbocycles. The Morgan fingerprint density at radius 3 is 2.78 bits per heavy atom. The number of non-ortho nitro benzene ring substituents is 1. The molecule has 3 rings (SSSR count). The molecule has 0 atom stereocenters. The van der Waals surface area contributed by atoms with Crippen molar-refractivity contribution in [2.45, 2.75) is 0 Å². The molecule has 0 bridgehead atoms. The first-order valence-electron chi connectivity index (χ1n) is 6.78. The molecule has 0 fully saturated rings. The molecule has 0 unspecified atom stereocenters. The Morgan fingerprint density at radius 1 is 1.17 bits per heavy atom. The van der Waals surface area contributed by atoms with Crippen LogP contribution in [0.1, 0.15) is 0 Å². The van der Waals surface area contributed by atoms with Crippen LogP contribution in [0, 0.1) is 10.1 Å². The summed E-state index contributed by atoms with van der Waals surface area (Å²) in [5, 5.41) is 10.9. The van der Waals surface area contributed by atoms with Gasteiger partial charge in [0.2, 0.25) is 0 Å². The SMILES string of the molecule is COn1ccnc1-c1ccccc1Oc1cccc([N+](=O)[O-])c1. The Morgan fingerprint density at radius 2 is 2.00 bits per heavy atom. The van der Waals surface area contributed by atoms with Crippen molar-refractivity contribution in [2.24, 2.45) is 0 Å². The number of hydrogen-bond acceptors (Lipinski definition) is 5. The van der Waals surface area contributed by atoms with Crippen LogP contribution in [0.3, 0.4) is 0 Å². The van der Waals surface area contributed by atoms with Crippen LogP contribution in [0.25, 0.3) is 11.4 Å². The van der Waals surface area contributed by atoms with Gasteiger partial charge in [-0.15, -0.1) is 0 Å². The highest BCUT2D eigenvalue weighted by Crippen LogP contribution is 2.33. The molecule has 7 nitrogen and oxygen atoms in total. The van der Waals surface area contributed by atoms with Gasteiger partial charge in [-0.1, -0.05) is 18.2 Å². The molecule has 0 aliphatic heterocycles. The van der Waals surface area contributed by atoms with Crippen molar-refractivity contribution in [3.05, 3.63) is 71.0 Å². The monoisotopic (exact) mass is 311 g/mol. The van der Waals surface area contributed by atoms with E-state index in [4.69, 9.17) is 9.57 Å². The predicted molar refractivity (Wildman–Crippen MR) is 83.3 cm³/mol. The van der Waals surface area contributed by atoms with Gasteiger partial charge in [0.15, 0.2) is 5.82 Å². The fourth-order valence-electron chi connectivity index (χ4n) is 2.16. The van der Waals surface area contributed by atoms with E-state index < -0.39 is 4.92 Å². The van der Waals surface area contributed by atoms with Crippen molar-refractivity contribution in [3.8, 4) is 22.9 Å². The number of imidazole rings is 1. The highest BCUT2D eigenvalue weighted by Gasteiger charge is 2.14. The van der Waals surface area contributed by atoms with Crippen LogP contribution in [-0.2, 0) is 0 Å². The smallest absolute Gasteiger partial charge is 0.273 e. The van der Waals surface area contributed by atoms with Crippen LogP contribution in [0.4, 0.5) is 5.69 Å². The number of aromatic nitrogens is 2. The third kappa shape index (κ3) is 2.98. The highest BCUT2D eigenvalue weighted by molar-refractivity contribution is 5.65. The standard InChI is InChI=1S/C16H13N3O4/c1-22-18-10-9-17-16(18)14-7-2-3-8-15(14)23-13-6-4-5-12(11-13)19(20)21/h2-11H,1H3. The molecule has 3 aromatic rings. The molecular weight excluding hydrogens is 298 g/mol. The number of hydrogen-bond donors (Lipinski definition) is 0. The number of rotatable bonds is 5. The lowest BCUT2D eigenvalue weighted by molar-refractivity contribution is -0.384. The first-order valence-corrected chi connectivity index (χ1v) is 6.78. The van der Waals surface area contributed by atoms with E-state index in [-0.39, 0.29) is 5.69 Å². The average molecular weight is 311 g/mol. The van der Waals surface area contributed by atoms with Gasteiger partial charge >= 0.3 is 0 Å². The summed E-state index contributed by atoms with van der Waals surface area (Å²) < 4.78 is 7.32. The maximum absolute atomic E-state index is 10.9. The van der Waals surface area contributed by atoms with Crippen LogP contribution in [0.5, 0.6) is 11.5 Å². The Hall–Kier alpha value is -3.35. The van der Waals surface area contributed by atoms with E-state index in [9.17, 15) is 10.1 Å². The topological polar surface area (TPSA) is 79.4 Å². The average Bonchev–Trinajstić information content (AvgIpc) is 3.04. The van der Waals surface area contributed by atoms with Gasteiger partial charge in [-0.25, -0.2) is 4.98 Å². The number of para-hydroxylation sites is 1. The van der Waals surface area contributed by atoms with Gasteiger partial charge in [-0.2, -0.15) is 4.73 Å². The molecule has 0 N–H and O–H groups in total. The summed E-state index contributed by atoms with van der Waals surface area (Å²) in [6.07, 6.45) is 3.29. The quantitative estimate of drug-likeness (QED) is 0.533. The van der Waals surface area contributed by atoms with Crippen molar-refractivity contribution < 1.29 is 14.5 Å². The van der Waals surface area contributed by atoms with Crippen LogP contribution < -0.4 is 9.57 Å². The summed E-state index contributed by atoms with van der Waals surface area (Å²) in [5.74, 6) is 1.48. The van der Waals surface area contributed by atoms with Crippen molar-refractivity contribution in [2.75, 3.05) is 7.11 Å². The lowest BCUT2D eigenvalue weighted by Crippen LogP contribution is -2.06. The van der Waals surface area contributed by atoms with Crippen LogP contribution >= 0.6 is 0 Å². The summed E-state index contributed by atoms with van der Waals surface area (Å²) in [4.78, 5) is 19.9. The molecule has 7 heteroatoms. The molecule has 0 saturated heterocycles. The third-order valence-corrected chi connectivity index (χ3v) is 3.19. The first-order chi connectivity index (χ1) is 11.2. The van der Waals surface area contributed by atoms with E-state index in [0.29, 0.717) is 22.9 Å². The summed E-state index contributed by atoms with van der Waals surface area (Å²) in [6, 6.07) is 13.3. The van der Waals surface area contributed by atoms with E-state index in [1.54, 1.807) is 30.6 Å². The second kappa shape index (κ2) is 6.18. The fraction of sp³-hybridized carbons (Fsp3) is 0.0625. The zero-order valence-electron chi connectivity index (χ0n) is 12.2. The van der Waals surface area contributed by atoms with Crippen molar-refractivity contribution in [1.29, 1.82) is 0 Å². The van der Waals surface area contributed by atoms with Crippen LogP contribution in [-0.4, -0.2) is 21.7 Å². The lowest BCUT2D eigenvalue weighted by Gasteiger charge is -2.11. The molecule has 116 valence electrons. The van der Waals surface area contributed by atoms with Gasteiger partial charge in [0.25, 0.3) is 5.69 Å². The minimum atomic E-state index is -0.462. The zero-order valence-corrected chi connectivity index (χ0v) is 12.2. The number of benzene rings is 2. The number of nitrogens with zero attached hydrogens (tertiary/aromatic N) is 3. The predicted octanol–water partition coefficient (Wildman–Crippen LogP) is 3.31. The molecule has 0 spiro atoms. The third-order valence-electron chi connectivity index (χ3n) is 3.19. The number of nitro benzene ring substituents is 1. The maximum Gasteiger partial charge on any atom is 0.273 e. The van der Waals surface area contributed by atoms with Gasteiger partial charge in [-0.05, 0) is 18.2 Å². The summed E-state index contributed by atoms with van der Waals surface area (Å²) in [5.41, 5.74) is 0.684. The Kier molecular flexibility index (Phi) is 3.92. The van der Waals surface area contributed by atoms with Gasteiger partial charge in [0, 0.05) is 12.3 Å². The zero-order chi connectivity index (χ0) is 16.2. The van der Waals surface area contributed by atoms with Gasteiger partial charge in [0.05, 0.1) is 22.7 Å². The molecular formula is C16H13N3O4. The van der Waals surface area contributed by atoms with E-state index in [1.165, 1.54) is 24.0 Å². The molecule has 0 saturated carbocycles. The Bertz CT molecular complexity index is 845. The normalized spacial score (nSPS) is 10.3. The molecule has 0 amide bonds. The summed E-state index contributed by atoms with van der Waals surface area (Å²) in [7, 11) is 1.54. The first kappa shape index (κ1) is 14.6. The van der Waals surface area contributed by atoms with Crippen molar-refractivity contribution >= 4 is 5.69 Å². The Labute approximate surface area is 131 Å². The maximum atomic E-state index is 10.9. The number of ether oxygens (including phenoxy) is 1. The Balaban J connectivity index is 1.98. The summed E-state index contributed by atoms with van der Waals surface area (Å²) in [6.45, 7) is 0. The van der Waals surface area contributed by atoms with E-state index in [1.807, 2.05) is 18.2 Å². The molecule has 1 aromatic heterocycles. The van der Waals surface area contributed by atoms with Gasteiger partial charge < -0.3 is 9.57 Å². The highest BCUT2D eigenvalue weighted by atomic mass is 16.6. The van der Waals surface area contributed by atoms with Crippen LogP contribution in [0.15, 0.2) is 60.9 Å². The van der Waals surface area contributed by atoms with Crippen molar-refractivity contribution in [1.82, 2.24) is 9.71 Å². The van der Waals surface area contributed by atoms with Crippen molar-refractivity contribution in [3.63, 3.8) is 0 Å². The minimum absolute atomic E-state index is 0.0293. The molecule has 23 heavy (non-hydrogen) atoms. The second-order valence-corrected chi connectivity index (χ2v) is 4.61. The molecule has 0 aliphatic carbocycles. The lowest BCUT2D eigenvalue weighted by atomic mass is 10.2. The molecule has 0 aliphatic rings. The fourth-order valence-corrected chi connectivity index (χ4v) is 2.16. The minimum Gasteiger partial charge on any atom is -0.456 e. The van der Waals surface area contributed by atoms with E-state index in [0.717, 1.165) is 0 Å². The molecule has 0 radical (unpaired) electrons. The number of nitro groups is 1. The van der Waals surface area contributed by atoms with E-state index in [2.05, 4.69) is 4.98 Å². The summed E-state index contributed by atoms with van der Waals surface area (Å²) >= 11 is 0. The largest absolute Gasteiger partial charge is 0.456 e.